The van der Waals surface area contributed by atoms with E-state index in [1.54, 1.807) is 29.6 Å². The fourth-order valence-corrected chi connectivity index (χ4v) is 4.24. The van der Waals surface area contributed by atoms with E-state index in [1.165, 1.54) is 35.4 Å². The van der Waals surface area contributed by atoms with Crippen molar-refractivity contribution in [3.63, 3.8) is 0 Å². The number of nitro groups is 1. The van der Waals surface area contributed by atoms with Gasteiger partial charge in [0.25, 0.3) is 11.5 Å². The minimum atomic E-state index is -0.997. The van der Waals surface area contributed by atoms with Gasteiger partial charge in [-0.25, -0.2) is 4.98 Å². The number of carbonyl (C=O) groups is 2. The molecule has 1 aromatic heterocycles. The molecule has 2 heterocycles. The first kappa shape index (κ1) is 22.2. The number of carbonyl (C=O) groups excluding carboxylic acids is 2. The molecule has 1 aliphatic rings. The van der Waals surface area contributed by atoms with Crippen LogP contribution in [0.2, 0.25) is 0 Å². The summed E-state index contributed by atoms with van der Waals surface area (Å²) in [5.74, 6) is -1.47. The number of aliphatic hydroxyl groups is 1. The van der Waals surface area contributed by atoms with Gasteiger partial charge < -0.3 is 9.84 Å². The van der Waals surface area contributed by atoms with Gasteiger partial charge in [0.2, 0.25) is 0 Å². The highest BCUT2D eigenvalue weighted by Crippen LogP contribution is 2.43. The highest BCUT2D eigenvalue weighted by atomic mass is 32.1. The van der Waals surface area contributed by atoms with Crippen LogP contribution in [0.15, 0.2) is 65.7 Å². The van der Waals surface area contributed by atoms with Gasteiger partial charge in [0.1, 0.15) is 11.5 Å². The van der Waals surface area contributed by atoms with E-state index in [4.69, 9.17) is 4.74 Å². The largest absolute Gasteiger partial charge is 0.507 e. The molecule has 1 atom stereocenters. The van der Waals surface area contributed by atoms with E-state index in [0.717, 1.165) is 11.3 Å². The lowest BCUT2D eigenvalue weighted by Gasteiger charge is -2.22. The molecule has 0 aliphatic carbocycles. The van der Waals surface area contributed by atoms with E-state index < -0.39 is 22.7 Å². The van der Waals surface area contributed by atoms with Crippen molar-refractivity contribution in [1.29, 1.82) is 0 Å². The summed E-state index contributed by atoms with van der Waals surface area (Å²) in [4.78, 5) is 41.9. The van der Waals surface area contributed by atoms with Gasteiger partial charge >= 0.3 is 5.91 Å². The lowest BCUT2D eigenvalue weighted by atomic mass is 9.95. The second kappa shape index (κ2) is 8.83. The number of hydrogen-bond donors (Lipinski definition) is 1. The van der Waals surface area contributed by atoms with Crippen LogP contribution in [0.25, 0.3) is 5.76 Å². The molecule has 0 spiro atoms. The maximum absolute atomic E-state index is 13.0. The zero-order chi connectivity index (χ0) is 23.7. The number of nitrogens with zero attached hydrogens (tertiary/aromatic N) is 3. The van der Waals surface area contributed by atoms with Crippen LogP contribution in [0.1, 0.15) is 31.0 Å². The molecular weight excluding hydrogens is 446 g/mol. The molecule has 33 heavy (non-hydrogen) atoms. The normalized spacial score (nSPS) is 17.5. The lowest BCUT2D eigenvalue weighted by Crippen LogP contribution is -2.29. The van der Waals surface area contributed by atoms with E-state index in [1.807, 2.05) is 13.8 Å². The molecule has 168 valence electrons. The molecule has 9 nitrogen and oxygen atoms in total. The van der Waals surface area contributed by atoms with Crippen LogP contribution in [-0.4, -0.2) is 32.8 Å². The third kappa shape index (κ3) is 4.20. The smallest absolute Gasteiger partial charge is 0.301 e. The summed E-state index contributed by atoms with van der Waals surface area (Å²) in [6, 6.07) is 11.0. The summed E-state index contributed by atoms with van der Waals surface area (Å²) in [6.45, 7) is 3.77. The van der Waals surface area contributed by atoms with Crippen molar-refractivity contribution in [1.82, 2.24) is 4.98 Å². The molecule has 1 unspecified atom stereocenters. The maximum Gasteiger partial charge on any atom is 0.301 e. The summed E-state index contributed by atoms with van der Waals surface area (Å²) >= 11 is 1.16. The molecule has 1 N–H and O–H groups in total. The number of benzene rings is 2. The SMILES string of the molecule is CC(C)Oc1ccc(/C(O)=C2\C(=O)C(=O)N(c3nccs3)C2c2ccc([N+](=O)[O-])cc2)cc1. The minimum absolute atomic E-state index is 0.0322. The number of thiazole rings is 1. The second-order valence-corrected chi connectivity index (χ2v) is 8.40. The number of rotatable bonds is 6. The zero-order valence-electron chi connectivity index (χ0n) is 17.7. The van der Waals surface area contributed by atoms with Gasteiger partial charge in [0, 0.05) is 29.3 Å². The van der Waals surface area contributed by atoms with Crippen molar-refractivity contribution in [2.75, 3.05) is 4.90 Å². The number of non-ortho nitro benzene ring substituents is 1. The van der Waals surface area contributed by atoms with Crippen LogP contribution in [0.5, 0.6) is 5.75 Å². The number of ketones is 1. The van der Waals surface area contributed by atoms with E-state index >= 15 is 0 Å². The molecule has 1 aliphatic heterocycles. The van der Waals surface area contributed by atoms with E-state index in [2.05, 4.69) is 4.98 Å². The lowest BCUT2D eigenvalue weighted by molar-refractivity contribution is -0.384. The number of ether oxygens (including phenoxy) is 1. The molecule has 1 saturated heterocycles. The first-order chi connectivity index (χ1) is 15.8. The summed E-state index contributed by atoms with van der Waals surface area (Å²) in [5.41, 5.74) is 0.499. The zero-order valence-corrected chi connectivity index (χ0v) is 18.5. The molecule has 3 aromatic rings. The van der Waals surface area contributed by atoms with Crippen molar-refractivity contribution in [2.45, 2.75) is 26.0 Å². The van der Waals surface area contributed by atoms with Gasteiger partial charge in [-0.15, -0.1) is 11.3 Å². The van der Waals surface area contributed by atoms with Gasteiger partial charge in [-0.1, -0.05) is 0 Å². The second-order valence-electron chi connectivity index (χ2n) is 7.52. The van der Waals surface area contributed by atoms with Crippen LogP contribution < -0.4 is 9.64 Å². The van der Waals surface area contributed by atoms with Crippen LogP contribution in [0.4, 0.5) is 10.8 Å². The van der Waals surface area contributed by atoms with Crippen LogP contribution >= 0.6 is 11.3 Å². The highest BCUT2D eigenvalue weighted by Gasteiger charge is 2.48. The van der Waals surface area contributed by atoms with Crippen molar-refractivity contribution >= 4 is 39.6 Å². The van der Waals surface area contributed by atoms with E-state index in [9.17, 15) is 24.8 Å². The Kier molecular flexibility index (Phi) is 5.93. The van der Waals surface area contributed by atoms with Gasteiger partial charge in [0.05, 0.1) is 22.6 Å². The number of nitro benzene ring substituents is 1. The number of anilines is 1. The summed E-state index contributed by atoms with van der Waals surface area (Å²) in [7, 11) is 0. The molecule has 0 radical (unpaired) electrons. The van der Waals surface area contributed by atoms with E-state index in [-0.39, 0.29) is 28.3 Å². The quantitative estimate of drug-likeness (QED) is 0.187. The number of hydrogen-bond acceptors (Lipinski definition) is 8. The third-order valence-corrected chi connectivity index (χ3v) is 5.76. The van der Waals surface area contributed by atoms with Gasteiger partial charge in [0.15, 0.2) is 5.13 Å². The number of Topliss-reactive ketones (excluding diaryl/α,β-unsaturated/α-hetero) is 1. The Hall–Kier alpha value is -4.05. The molecular formula is C23H19N3O6S. The highest BCUT2D eigenvalue weighted by molar-refractivity contribution is 7.14. The molecule has 0 saturated carbocycles. The van der Waals surface area contributed by atoms with E-state index in [0.29, 0.717) is 16.9 Å². The summed E-state index contributed by atoms with van der Waals surface area (Å²) in [6.07, 6.45) is 1.47. The average Bonchev–Trinajstić information content (AvgIpc) is 3.40. The fourth-order valence-electron chi connectivity index (χ4n) is 3.58. The van der Waals surface area contributed by atoms with Crippen LogP contribution in [-0.2, 0) is 9.59 Å². The molecule has 1 amide bonds. The van der Waals surface area contributed by atoms with Crippen molar-refractivity contribution in [3.8, 4) is 5.75 Å². The Morgan fingerprint density at radius 1 is 1.15 bits per heavy atom. The predicted octanol–water partition coefficient (Wildman–Crippen LogP) is 4.46. The first-order valence-corrected chi connectivity index (χ1v) is 10.9. The number of aromatic nitrogens is 1. The molecule has 10 heteroatoms. The number of amides is 1. The number of aliphatic hydroxyl groups excluding tert-OH is 1. The van der Waals surface area contributed by atoms with Gasteiger partial charge in [-0.05, 0) is 55.8 Å². The minimum Gasteiger partial charge on any atom is -0.507 e. The van der Waals surface area contributed by atoms with Crippen LogP contribution in [0, 0.1) is 10.1 Å². The Morgan fingerprint density at radius 3 is 2.36 bits per heavy atom. The third-order valence-electron chi connectivity index (χ3n) is 4.99. The fraction of sp³-hybridized carbons (Fsp3) is 0.174. The Labute approximate surface area is 192 Å². The maximum atomic E-state index is 13.0. The van der Waals surface area contributed by atoms with Crippen molar-refractivity contribution in [3.05, 3.63) is 86.9 Å². The molecule has 2 aromatic carbocycles. The Bertz CT molecular complexity index is 1230. The molecule has 0 bridgehead atoms. The standard InChI is InChI=1S/C23H19N3O6S/c1-13(2)32-17-9-5-15(6-10-17)20(27)18-19(14-3-7-16(8-4-14)26(30)31)25(22(29)21(18)28)23-24-11-12-33-23/h3-13,19,27H,1-2H3/b20-18+. The van der Waals surface area contributed by atoms with Crippen molar-refractivity contribution < 1.29 is 24.4 Å². The first-order valence-electron chi connectivity index (χ1n) is 10.00. The van der Waals surface area contributed by atoms with Crippen molar-refractivity contribution in [2.24, 2.45) is 0 Å². The average molecular weight is 465 g/mol. The summed E-state index contributed by atoms with van der Waals surface area (Å²) < 4.78 is 5.61. The Morgan fingerprint density at radius 2 is 1.82 bits per heavy atom. The monoisotopic (exact) mass is 465 g/mol. The van der Waals surface area contributed by atoms with Gasteiger partial charge in [-0.2, -0.15) is 0 Å². The summed E-state index contributed by atoms with van der Waals surface area (Å²) in [5, 5.41) is 24.1. The molecule has 4 rings (SSSR count). The topological polar surface area (TPSA) is 123 Å². The molecule has 1 fully saturated rings. The van der Waals surface area contributed by atoms with Crippen LogP contribution in [0.3, 0.4) is 0 Å². The predicted molar refractivity (Wildman–Crippen MR) is 122 cm³/mol. The Balaban J connectivity index is 1.84. The van der Waals surface area contributed by atoms with Gasteiger partial charge in [-0.3, -0.25) is 24.6 Å².